The van der Waals surface area contributed by atoms with Gasteiger partial charge in [0.05, 0.1) is 6.10 Å². The highest BCUT2D eigenvalue weighted by atomic mass is 35.5. The van der Waals surface area contributed by atoms with Crippen LogP contribution in [-0.2, 0) is 6.42 Å². The smallest absolute Gasteiger partial charge is 0.0859 e. The van der Waals surface area contributed by atoms with Gasteiger partial charge in [0.2, 0.25) is 0 Å². The minimum atomic E-state index is -0.729. The van der Waals surface area contributed by atoms with E-state index in [1.54, 1.807) is 30.3 Å². The van der Waals surface area contributed by atoms with E-state index in [-0.39, 0.29) is 0 Å². The van der Waals surface area contributed by atoms with E-state index in [0.717, 1.165) is 5.56 Å². The maximum Gasteiger partial charge on any atom is 0.0859 e. The zero-order valence-corrected chi connectivity index (χ0v) is 11.7. The number of aliphatic hydroxyl groups is 1. The van der Waals surface area contributed by atoms with Crippen molar-refractivity contribution in [2.24, 2.45) is 0 Å². The van der Waals surface area contributed by atoms with Crippen LogP contribution in [0.1, 0.15) is 17.2 Å². The van der Waals surface area contributed by atoms with Crippen LogP contribution in [-0.4, -0.2) is 5.11 Å². The Hall–Kier alpha value is -0.730. The first-order chi connectivity index (χ1) is 8.58. The molecule has 0 aliphatic carbocycles. The average Bonchev–Trinajstić information content (AvgIpc) is 2.32. The summed E-state index contributed by atoms with van der Waals surface area (Å²) < 4.78 is 0. The first-order valence-electron chi connectivity index (χ1n) is 5.44. The molecule has 0 aliphatic rings. The van der Waals surface area contributed by atoms with Crippen molar-refractivity contribution in [2.45, 2.75) is 12.5 Å². The van der Waals surface area contributed by atoms with Crippen molar-refractivity contribution in [1.29, 1.82) is 0 Å². The van der Waals surface area contributed by atoms with Crippen LogP contribution >= 0.6 is 34.8 Å². The molecule has 0 aromatic heterocycles. The number of halogens is 3. The first-order valence-corrected chi connectivity index (χ1v) is 6.57. The molecule has 2 aromatic carbocycles. The highest BCUT2D eigenvalue weighted by Crippen LogP contribution is 2.32. The van der Waals surface area contributed by atoms with Crippen LogP contribution in [0.3, 0.4) is 0 Å². The largest absolute Gasteiger partial charge is 0.388 e. The third-order valence-corrected chi connectivity index (χ3v) is 3.59. The van der Waals surface area contributed by atoms with Gasteiger partial charge >= 0.3 is 0 Å². The molecule has 0 radical (unpaired) electrons. The van der Waals surface area contributed by atoms with E-state index in [2.05, 4.69) is 0 Å². The third-order valence-electron chi connectivity index (χ3n) is 2.68. The zero-order chi connectivity index (χ0) is 13.1. The van der Waals surface area contributed by atoms with Gasteiger partial charge in [0.1, 0.15) is 0 Å². The van der Waals surface area contributed by atoms with Gasteiger partial charge in [0.15, 0.2) is 0 Å². The van der Waals surface area contributed by atoms with E-state index in [0.29, 0.717) is 27.1 Å². The lowest BCUT2D eigenvalue weighted by molar-refractivity contribution is 0.178. The molecule has 1 nitrogen and oxygen atoms in total. The van der Waals surface area contributed by atoms with Crippen LogP contribution in [0.15, 0.2) is 42.5 Å². The predicted molar refractivity (Wildman–Crippen MR) is 76.6 cm³/mol. The molecule has 0 spiro atoms. The topological polar surface area (TPSA) is 20.2 Å². The van der Waals surface area contributed by atoms with E-state index >= 15 is 0 Å². The third kappa shape index (κ3) is 3.18. The van der Waals surface area contributed by atoms with Crippen molar-refractivity contribution in [3.63, 3.8) is 0 Å². The van der Waals surface area contributed by atoms with E-state index in [1.165, 1.54) is 0 Å². The summed E-state index contributed by atoms with van der Waals surface area (Å²) in [5.74, 6) is 0. The van der Waals surface area contributed by atoms with E-state index in [9.17, 15) is 5.11 Å². The summed E-state index contributed by atoms with van der Waals surface area (Å²) in [6, 6.07) is 12.5. The molecular weight excluding hydrogens is 291 g/mol. The van der Waals surface area contributed by atoms with Gasteiger partial charge in [-0.15, -0.1) is 0 Å². The molecule has 0 bridgehead atoms. The summed E-state index contributed by atoms with van der Waals surface area (Å²) >= 11 is 17.9. The van der Waals surface area contributed by atoms with Gasteiger partial charge in [0, 0.05) is 27.1 Å². The Bertz CT molecular complexity index is 517. The molecule has 2 aromatic rings. The monoisotopic (exact) mass is 300 g/mol. The Balaban J connectivity index is 2.22. The van der Waals surface area contributed by atoms with Gasteiger partial charge in [-0.1, -0.05) is 53.0 Å². The SMILES string of the molecule is OC(Cc1ccc(Cl)cc1)c1c(Cl)cccc1Cl. The maximum absolute atomic E-state index is 10.2. The van der Waals surface area contributed by atoms with Gasteiger partial charge in [-0.2, -0.15) is 0 Å². The van der Waals surface area contributed by atoms with Crippen LogP contribution in [0.5, 0.6) is 0 Å². The minimum Gasteiger partial charge on any atom is -0.388 e. The molecule has 94 valence electrons. The molecule has 0 aliphatic heterocycles. The Morgan fingerprint density at radius 2 is 1.44 bits per heavy atom. The second-order valence-corrected chi connectivity index (χ2v) is 5.23. The fourth-order valence-electron chi connectivity index (χ4n) is 1.77. The van der Waals surface area contributed by atoms with Crippen molar-refractivity contribution in [3.05, 3.63) is 68.7 Å². The Labute approximate surface area is 121 Å². The van der Waals surface area contributed by atoms with Crippen molar-refractivity contribution >= 4 is 34.8 Å². The molecular formula is C14H11Cl3O. The molecule has 0 saturated carbocycles. The van der Waals surface area contributed by atoms with E-state index in [1.807, 2.05) is 12.1 Å². The standard InChI is InChI=1S/C14H11Cl3O/c15-10-6-4-9(5-7-10)8-13(18)14-11(16)2-1-3-12(14)17/h1-7,13,18H,8H2. The lowest BCUT2D eigenvalue weighted by Crippen LogP contribution is -2.03. The zero-order valence-electron chi connectivity index (χ0n) is 9.41. The lowest BCUT2D eigenvalue weighted by Gasteiger charge is -2.14. The number of hydrogen-bond acceptors (Lipinski definition) is 1. The lowest BCUT2D eigenvalue weighted by atomic mass is 10.0. The van der Waals surface area contributed by atoms with Gasteiger partial charge < -0.3 is 5.11 Å². The van der Waals surface area contributed by atoms with Crippen molar-refractivity contribution in [3.8, 4) is 0 Å². The minimum absolute atomic E-state index is 0.445. The maximum atomic E-state index is 10.2. The Morgan fingerprint density at radius 3 is 2.00 bits per heavy atom. The van der Waals surface area contributed by atoms with Crippen LogP contribution in [0.4, 0.5) is 0 Å². The molecule has 0 fully saturated rings. The van der Waals surface area contributed by atoms with Crippen LogP contribution in [0, 0.1) is 0 Å². The number of hydrogen-bond donors (Lipinski definition) is 1. The van der Waals surface area contributed by atoms with Crippen molar-refractivity contribution in [1.82, 2.24) is 0 Å². The summed E-state index contributed by atoms with van der Waals surface area (Å²) in [4.78, 5) is 0. The second kappa shape index (κ2) is 5.94. The van der Waals surface area contributed by atoms with Crippen LogP contribution in [0.2, 0.25) is 15.1 Å². The number of rotatable bonds is 3. The van der Waals surface area contributed by atoms with Gasteiger partial charge in [-0.05, 0) is 29.8 Å². The predicted octanol–water partition coefficient (Wildman–Crippen LogP) is 4.92. The van der Waals surface area contributed by atoms with Gasteiger partial charge in [0.25, 0.3) is 0 Å². The highest BCUT2D eigenvalue weighted by molar-refractivity contribution is 6.36. The molecule has 1 atom stereocenters. The molecule has 0 heterocycles. The normalized spacial score (nSPS) is 12.4. The van der Waals surface area contributed by atoms with Crippen molar-refractivity contribution in [2.75, 3.05) is 0 Å². The Kier molecular flexibility index (Phi) is 4.52. The molecule has 18 heavy (non-hydrogen) atoms. The summed E-state index contributed by atoms with van der Waals surface area (Å²) in [5.41, 5.74) is 1.54. The Morgan fingerprint density at radius 1 is 0.889 bits per heavy atom. The van der Waals surface area contributed by atoms with Crippen molar-refractivity contribution < 1.29 is 5.11 Å². The fraction of sp³-hybridized carbons (Fsp3) is 0.143. The highest BCUT2D eigenvalue weighted by Gasteiger charge is 2.15. The summed E-state index contributed by atoms with van der Waals surface area (Å²) in [6.07, 6.45) is -0.284. The van der Waals surface area contributed by atoms with Gasteiger partial charge in [-0.3, -0.25) is 0 Å². The average molecular weight is 302 g/mol. The van der Waals surface area contributed by atoms with E-state index in [4.69, 9.17) is 34.8 Å². The summed E-state index contributed by atoms with van der Waals surface area (Å²) in [5, 5.41) is 11.8. The van der Waals surface area contributed by atoms with Crippen LogP contribution in [0.25, 0.3) is 0 Å². The fourth-order valence-corrected chi connectivity index (χ4v) is 2.55. The number of benzene rings is 2. The quantitative estimate of drug-likeness (QED) is 0.853. The molecule has 1 N–H and O–H groups in total. The van der Waals surface area contributed by atoms with Crippen LogP contribution < -0.4 is 0 Å². The summed E-state index contributed by atoms with van der Waals surface area (Å²) in [7, 11) is 0. The van der Waals surface area contributed by atoms with Gasteiger partial charge in [-0.25, -0.2) is 0 Å². The molecule has 0 saturated heterocycles. The molecule has 1 unspecified atom stereocenters. The molecule has 2 rings (SSSR count). The summed E-state index contributed by atoms with van der Waals surface area (Å²) in [6.45, 7) is 0. The second-order valence-electron chi connectivity index (χ2n) is 3.98. The first kappa shape index (κ1) is 13.7. The number of aliphatic hydroxyl groups excluding tert-OH is 1. The molecule has 0 amide bonds. The molecule has 4 heteroatoms. The van der Waals surface area contributed by atoms with E-state index < -0.39 is 6.10 Å².